The van der Waals surface area contributed by atoms with Gasteiger partial charge in [0.15, 0.2) is 5.82 Å². The molecule has 1 aromatic carbocycles. The number of nitrogens with zero attached hydrogens (tertiary/aromatic N) is 6. The van der Waals surface area contributed by atoms with Crippen molar-refractivity contribution in [3.05, 3.63) is 53.2 Å². The highest BCUT2D eigenvalue weighted by Crippen LogP contribution is 2.16. The third kappa shape index (κ3) is 3.53. The van der Waals surface area contributed by atoms with E-state index in [1.54, 1.807) is 0 Å². The average molecular weight is 338 g/mol. The first kappa shape index (κ1) is 15.8. The molecule has 0 unspecified atom stereocenters. The van der Waals surface area contributed by atoms with Crippen molar-refractivity contribution in [2.75, 3.05) is 12.0 Å². The molecule has 0 bridgehead atoms. The topological polar surface area (TPSA) is 85.5 Å². The van der Waals surface area contributed by atoms with Gasteiger partial charge in [-0.25, -0.2) is 9.67 Å². The third-order valence-corrected chi connectivity index (χ3v) is 4.48. The fraction of sp³-hybridized carbons (Fsp3) is 0.412. The van der Waals surface area contributed by atoms with Crippen LogP contribution in [0.5, 0.6) is 0 Å². The van der Waals surface area contributed by atoms with Gasteiger partial charge in [-0.2, -0.15) is 0 Å². The third-order valence-electron chi connectivity index (χ3n) is 4.48. The van der Waals surface area contributed by atoms with Crippen molar-refractivity contribution < 1.29 is 0 Å². The highest BCUT2D eigenvalue weighted by Gasteiger charge is 2.14. The highest BCUT2D eigenvalue weighted by atomic mass is 15.5. The molecule has 130 valence electrons. The number of aryl methyl sites for hydroxylation is 3. The summed E-state index contributed by atoms with van der Waals surface area (Å²) in [6.45, 7) is 5.41. The Hall–Kier alpha value is -2.74. The molecule has 25 heavy (non-hydrogen) atoms. The van der Waals surface area contributed by atoms with E-state index < -0.39 is 0 Å². The summed E-state index contributed by atoms with van der Waals surface area (Å²) in [6.07, 6.45) is 3.60. The van der Waals surface area contributed by atoms with Crippen LogP contribution in [0, 0.1) is 6.92 Å². The van der Waals surface area contributed by atoms with Gasteiger partial charge in [0.25, 0.3) is 0 Å². The summed E-state index contributed by atoms with van der Waals surface area (Å²) in [5.41, 5.74) is 3.70. The van der Waals surface area contributed by atoms with Gasteiger partial charge in [0.05, 0.1) is 18.7 Å². The van der Waals surface area contributed by atoms with E-state index in [-0.39, 0.29) is 0 Å². The predicted molar refractivity (Wildman–Crippen MR) is 94.0 cm³/mol. The van der Waals surface area contributed by atoms with Crippen LogP contribution in [-0.2, 0) is 26.1 Å². The second-order valence-electron chi connectivity index (χ2n) is 6.35. The Morgan fingerprint density at radius 2 is 2.04 bits per heavy atom. The second-order valence-corrected chi connectivity index (χ2v) is 6.35. The summed E-state index contributed by atoms with van der Waals surface area (Å²) >= 11 is 0. The molecule has 0 radical (unpaired) electrons. The first-order valence-corrected chi connectivity index (χ1v) is 8.59. The van der Waals surface area contributed by atoms with Crippen LogP contribution in [0.25, 0.3) is 0 Å². The zero-order valence-electron chi connectivity index (χ0n) is 14.3. The maximum atomic E-state index is 4.42. The molecule has 0 spiro atoms. The number of imidazole rings is 1. The average Bonchev–Trinajstić information content (AvgIpc) is 3.24. The summed E-state index contributed by atoms with van der Waals surface area (Å²) in [6, 6.07) is 8.50. The van der Waals surface area contributed by atoms with Crippen molar-refractivity contribution in [1.82, 2.24) is 35.1 Å². The van der Waals surface area contributed by atoms with Gasteiger partial charge in [-0.05, 0) is 29.3 Å². The van der Waals surface area contributed by atoms with Crippen LogP contribution in [-0.4, -0.2) is 36.4 Å². The Morgan fingerprint density at radius 1 is 1.16 bits per heavy atom. The Kier molecular flexibility index (Phi) is 4.43. The zero-order chi connectivity index (χ0) is 17.1. The number of aromatic nitrogens is 6. The van der Waals surface area contributed by atoms with E-state index in [1.807, 2.05) is 11.0 Å². The summed E-state index contributed by atoms with van der Waals surface area (Å²) < 4.78 is 4.10. The lowest BCUT2D eigenvalue weighted by Gasteiger charge is -2.16. The number of tetrazole rings is 1. The minimum absolute atomic E-state index is 0.752. The highest BCUT2D eigenvalue weighted by molar-refractivity contribution is 5.42. The number of fused-ring (bicyclic) bond motifs is 1. The van der Waals surface area contributed by atoms with Crippen LogP contribution < -0.4 is 10.6 Å². The molecule has 0 fully saturated rings. The standard InChI is InChI=1S/C17H22N8/c1-13-3-5-14(6-4-13)9-16-21-22-23-25(16)8-2-7-24-12-20-17-15(24)10-18-11-19-17/h3-6,12,18-19H,2,7-11H2,1H3. The van der Waals surface area contributed by atoms with Crippen molar-refractivity contribution >= 4 is 5.82 Å². The lowest BCUT2D eigenvalue weighted by atomic mass is 10.1. The molecule has 4 rings (SSSR count). The molecule has 2 aromatic heterocycles. The van der Waals surface area contributed by atoms with Crippen molar-refractivity contribution in [2.45, 2.75) is 39.4 Å². The van der Waals surface area contributed by atoms with Crippen LogP contribution in [0.15, 0.2) is 30.6 Å². The van der Waals surface area contributed by atoms with Gasteiger partial charge in [-0.15, -0.1) is 5.10 Å². The van der Waals surface area contributed by atoms with Crippen molar-refractivity contribution in [3.8, 4) is 0 Å². The number of nitrogens with one attached hydrogen (secondary N) is 2. The molecule has 1 aliphatic rings. The maximum absolute atomic E-state index is 4.42. The van der Waals surface area contributed by atoms with Gasteiger partial charge in [-0.3, -0.25) is 5.32 Å². The number of anilines is 1. The van der Waals surface area contributed by atoms with E-state index in [1.165, 1.54) is 16.8 Å². The monoisotopic (exact) mass is 338 g/mol. The van der Waals surface area contributed by atoms with E-state index in [2.05, 4.69) is 66.9 Å². The van der Waals surface area contributed by atoms with Crippen molar-refractivity contribution in [1.29, 1.82) is 0 Å². The number of rotatable bonds is 6. The molecule has 0 saturated heterocycles. The first-order chi connectivity index (χ1) is 12.3. The molecule has 0 atom stereocenters. The first-order valence-electron chi connectivity index (χ1n) is 8.59. The van der Waals surface area contributed by atoms with E-state index >= 15 is 0 Å². The van der Waals surface area contributed by atoms with E-state index in [4.69, 9.17) is 0 Å². The van der Waals surface area contributed by atoms with Gasteiger partial charge >= 0.3 is 0 Å². The predicted octanol–water partition coefficient (Wildman–Crippen LogP) is 1.33. The Balaban J connectivity index is 1.37. The second kappa shape index (κ2) is 7.02. The zero-order valence-corrected chi connectivity index (χ0v) is 14.3. The lowest BCUT2D eigenvalue weighted by molar-refractivity contribution is 0.492. The van der Waals surface area contributed by atoms with Crippen LogP contribution in [0.1, 0.15) is 29.1 Å². The maximum Gasteiger partial charge on any atom is 0.155 e. The van der Waals surface area contributed by atoms with Crippen molar-refractivity contribution in [2.24, 2.45) is 0 Å². The van der Waals surface area contributed by atoms with E-state index in [9.17, 15) is 0 Å². The van der Waals surface area contributed by atoms with Crippen LogP contribution in [0.4, 0.5) is 5.82 Å². The fourth-order valence-electron chi connectivity index (χ4n) is 3.06. The van der Waals surface area contributed by atoms with Gasteiger partial charge in [0.2, 0.25) is 0 Å². The molecule has 8 nitrogen and oxygen atoms in total. The smallest absolute Gasteiger partial charge is 0.155 e. The largest absolute Gasteiger partial charge is 0.356 e. The molecular weight excluding hydrogens is 316 g/mol. The van der Waals surface area contributed by atoms with Gasteiger partial charge in [0, 0.05) is 26.1 Å². The summed E-state index contributed by atoms with van der Waals surface area (Å²) in [7, 11) is 0. The SMILES string of the molecule is Cc1ccc(Cc2nnnn2CCCn2cnc3c2CNCN3)cc1. The lowest BCUT2D eigenvalue weighted by Crippen LogP contribution is -2.28. The van der Waals surface area contributed by atoms with Gasteiger partial charge in [-0.1, -0.05) is 29.8 Å². The molecule has 0 aliphatic carbocycles. The summed E-state index contributed by atoms with van der Waals surface area (Å²) in [4.78, 5) is 4.42. The summed E-state index contributed by atoms with van der Waals surface area (Å²) in [5.74, 6) is 1.89. The molecular formula is C17H22N8. The number of benzene rings is 1. The van der Waals surface area contributed by atoms with Crippen molar-refractivity contribution in [3.63, 3.8) is 0 Å². The Morgan fingerprint density at radius 3 is 2.92 bits per heavy atom. The Bertz CT molecular complexity index is 833. The van der Waals surface area contributed by atoms with E-state index in [0.29, 0.717) is 0 Å². The molecule has 2 N–H and O–H groups in total. The normalized spacial score (nSPS) is 13.5. The molecule has 1 aliphatic heterocycles. The summed E-state index contributed by atoms with van der Waals surface area (Å²) in [5, 5.41) is 18.7. The molecule has 3 aromatic rings. The van der Waals surface area contributed by atoms with Gasteiger partial charge < -0.3 is 9.88 Å². The quantitative estimate of drug-likeness (QED) is 0.705. The van der Waals surface area contributed by atoms with Crippen LogP contribution in [0.2, 0.25) is 0 Å². The molecule has 8 heteroatoms. The Labute approximate surface area is 146 Å². The van der Waals surface area contributed by atoms with Crippen LogP contribution >= 0.6 is 0 Å². The van der Waals surface area contributed by atoms with Gasteiger partial charge in [0.1, 0.15) is 5.82 Å². The fourth-order valence-corrected chi connectivity index (χ4v) is 3.06. The molecule has 3 heterocycles. The minimum atomic E-state index is 0.752. The molecule has 0 saturated carbocycles. The van der Waals surface area contributed by atoms with Crippen LogP contribution in [0.3, 0.4) is 0 Å². The number of hydrogen-bond donors (Lipinski definition) is 2. The number of hydrogen-bond acceptors (Lipinski definition) is 6. The minimum Gasteiger partial charge on any atom is -0.356 e. The van der Waals surface area contributed by atoms with E-state index in [0.717, 1.165) is 50.8 Å². The molecule has 0 amide bonds.